The van der Waals surface area contributed by atoms with Crippen molar-refractivity contribution in [2.45, 2.75) is 25.8 Å². The lowest BCUT2D eigenvalue weighted by atomic mass is 9.94. The van der Waals surface area contributed by atoms with Crippen molar-refractivity contribution in [2.24, 2.45) is 0 Å². The molecule has 1 heteroatoms. The maximum absolute atomic E-state index is 4.28. The van der Waals surface area contributed by atoms with Gasteiger partial charge in [0.05, 0.1) is 6.04 Å². The van der Waals surface area contributed by atoms with Gasteiger partial charge < -0.3 is 4.90 Å². The van der Waals surface area contributed by atoms with Crippen LogP contribution in [0.1, 0.15) is 19.8 Å². The van der Waals surface area contributed by atoms with Crippen molar-refractivity contribution in [1.29, 1.82) is 0 Å². The van der Waals surface area contributed by atoms with Crippen LogP contribution in [0.5, 0.6) is 0 Å². The summed E-state index contributed by atoms with van der Waals surface area (Å²) in [7, 11) is 0. The molecule has 2 heterocycles. The van der Waals surface area contributed by atoms with Crippen LogP contribution >= 0.6 is 0 Å². The third-order valence-corrected chi connectivity index (χ3v) is 3.56. The minimum atomic E-state index is 0.307. The Balaban J connectivity index is 2.51. The lowest BCUT2D eigenvalue weighted by Crippen LogP contribution is -2.31. The molecule has 2 aliphatic rings. The van der Waals surface area contributed by atoms with Crippen molar-refractivity contribution >= 4 is 0 Å². The number of allylic oxidation sites excluding steroid dienone is 4. The number of hydrogen-bond acceptors (Lipinski definition) is 1. The molecule has 0 bridgehead atoms. The highest BCUT2D eigenvalue weighted by Gasteiger charge is 2.33. The van der Waals surface area contributed by atoms with E-state index in [-0.39, 0.29) is 0 Å². The van der Waals surface area contributed by atoms with Crippen LogP contribution in [0.3, 0.4) is 0 Å². The lowest BCUT2D eigenvalue weighted by Gasteiger charge is -2.29. The average Bonchev–Trinajstić information content (AvgIpc) is 2.69. The van der Waals surface area contributed by atoms with Gasteiger partial charge in [-0.3, -0.25) is 0 Å². The quantitative estimate of drug-likeness (QED) is 0.526. The largest absolute Gasteiger partial charge is 0.360 e. The SMILES string of the molecule is C=CC1=C(/C(C=C)=C\CC)C(=C)C2C=CCCN12. The Bertz CT molecular complexity index is 474. The molecule has 0 aliphatic carbocycles. The molecule has 0 saturated carbocycles. The average molecular weight is 239 g/mol. The molecule has 2 rings (SSSR count). The van der Waals surface area contributed by atoms with E-state index in [2.05, 4.69) is 49.8 Å². The molecule has 0 saturated heterocycles. The molecule has 0 N–H and O–H groups in total. The zero-order valence-electron chi connectivity index (χ0n) is 11.2. The fourth-order valence-corrected chi connectivity index (χ4v) is 2.77. The molecule has 1 nitrogen and oxygen atoms in total. The van der Waals surface area contributed by atoms with Crippen molar-refractivity contribution in [1.82, 2.24) is 4.90 Å². The Morgan fingerprint density at radius 2 is 2.28 bits per heavy atom. The summed E-state index contributed by atoms with van der Waals surface area (Å²) < 4.78 is 0. The molecule has 0 aromatic heterocycles. The van der Waals surface area contributed by atoms with Gasteiger partial charge in [-0.1, -0.05) is 51.0 Å². The molecular formula is C17H21N. The van der Waals surface area contributed by atoms with Crippen molar-refractivity contribution in [3.63, 3.8) is 0 Å². The minimum Gasteiger partial charge on any atom is -0.360 e. The zero-order chi connectivity index (χ0) is 13.1. The molecule has 94 valence electrons. The van der Waals surface area contributed by atoms with E-state index >= 15 is 0 Å². The van der Waals surface area contributed by atoms with E-state index in [1.165, 1.54) is 22.4 Å². The molecule has 0 aromatic carbocycles. The third-order valence-electron chi connectivity index (χ3n) is 3.56. The van der Waals surface area contributed by atoms with E-state index in [0.717, 1.165) is 19.4 Å². The summed E-state index contributed by atoms with van der Waals surface area (Å²) in [6.45, 7) is 15.4. The Hall–Kier alpha value is -1.76. The minimum absolute atomic E-state index is 0.307. The van der Waals surface area contributed by atoms with Crippen LogP contribution in [0.25, 0.3) is 0 Å². The van der Waals surface area contributed by atoms with Crippen LogP contribution in [0.15, 0.2) is 72.5 Å². The molecule has 0 spiro atoms. The maximum atomic E-state index is 4.28. The predicted octanol–water partition coefficient (Wildman–Crippen LogP) is 4.15. The molecule has 2 aliphatic heterocycles. The van der Waals surface area contributed by atoms with Crippen molar-refractivity contribution in [2.75, 3.05) is 6.54 Å². The summed E-state index contributed by atoms with van der Waals surface area (Å²) in [6, 6.07) is 0.307. The van der Waals surface area contributed by atoms with Gasteiger partial charge in [0.2, 0.25) is 0 Å². The predicted molar refractivity (Wildman–Crippen MR) is 79.2 cm³/mol. The first-order chi connectivity index (χ1) is 8.74. The van der Waals surface area contributed by atoms with Crippen molar-refractivity contribution in [3.8, 4) is 0 Å². The number of fused-ring (bicyclic) bond motifs is 1. The van der Waals surface area contributed by atoms with Gasteiger partial charge >= 0.3 is 0 Å². The lowest BCUT2D eigenvalue weighted by molar-refractivity contribution is 0.343. The number of hydrogen-bond donors (Lipinski definition) is 0. The molecule has 1 unspecified atom stereocenters. The summed E-state index contributed by atoms with van der Waals surface area (Å²) in [5, 5.41) is 0. The van der Waals surface area contributed by atoms with E-state index in [4.69, 9.17) is 0 Å². The first kappa shape index (κ1) is 12.7. The molecule has 0 radical (unpaired) electrons. The van der Waals surface area contributed by atoms with Crippen LogP contribution in [-0.4, -0.2) is 17.5 Å². The second kappa shape index (κ2) is 5.26. The Labute approximate surface area is 110 Å². The second-order valence-corrected chi connectivity index (χ2v) is 4.62. The van der Waals surface area contributed by atoms with Gasteiger partial charge in [-0.05, 0) is 30.1 Å². The normalized spacial score (nSPS) is 23.4. The topological polar surface area (TPSA) is 3.24 Å². The van der Waals surface area contributed by atoms with E-state index in [1.807, 2.05) is 12.2 Å². The first-order valence-corrected chi connectivity index (χ1v) is 6.56. The summed E-state index contributed by atoms with van der Waals surface area (Å²) in [5.74, 6) is 0. The van der Waals surface area contributed by atoms with Gasteiger partial charge in [0.1, 0.15) is 0 Å². The van der Waals surface area contributed by atoms with E-state index < -0.39 is 0 Å². The number of nitrogens with zero attached hydrogens (tertiary/aromatic N) is 1. The highest BCUT2D eigenvalue weighted by Crippen LogP contribution is 2.39. The highest BCUT2D eigenvalue weighted by atomic mass is 15.2. The van der Waals surface area contributed by atoms with Crippen LogP contribution in [-0.2, 0) is 0 Å². The Kier molecular flexibility index (Phi) is 3.71. The van der Waals surface area contributed by atoms with Gasteiger partial charge in [0, 0.05) is 17.8 Å². The van der Waals surface area contributed by atoms with E-state index in [0.29, 0.717) is 6.04 Å². The Morgan fingerprint density at radius 1 is 1.50 bits per heavy atom. The summed E-state index contributed by atoms with van der Waals surface area (Å²) in [5.41, 5.74) is 4.77. The van der Waals surface area contributed by atoms with Gasteiger partial charge in [0.25, 0.3) is 0 Å². The van der Waals surface area contributed by atoms with Gasteiger partial charge in [-0.25, -0.2) is 0 Å². The van der Waals surface area contributed by atoms with Gasteiger partial charge in [0.15, 0.2) is 0 Å². The van der Waals surface area contributed by atoms with Crippen molar-refractivity contribution < 1.29 is 0 Å². The fourth-order valence-electron chi connectivity index (χ4n) is 2.77. The molecular weight excluding hydrogens is 218 g/mol. The smallest absolute Gasteiger partial charge is 0.0727 e. The third kappa shape index (κ3) is 1.90. The molecule has 18 heavy (non-hydrogen) atoms. The summed E-state index contributed by atoms with van der Waals surface area (Å²) in [6.07, 6.45) is 12.7. The molecule has 0 fully saturated rings. The van der Waals surface area contributed by atoms with Crippen LogP contribution in [0, 0.1) is 0 Å². The van der Waals surface area contributed by atoms with Crippen LogP contribution in [0.2, 0.25) is 0 Å². The maximum Gasteiger partial charge on any atom is 0.0727 e. The van der Waals surface area contributed by atoms with Crippen LogP contribution in [0.4, 0.5) is 0 Å². The highest BCUT2D eigenvalue weighted by molar-refractivity contribution is 5.61. The standard InChI is InChI=1S/C17H21N/c1-5-10-14(6-2)17-13(4)16-11-8-9-12-18(16)15(17)7-3/h6-8,10-11,16H,2-5,9,12H2,1H3/b14-10-. The summed E-state index contributed by atoms with van der Waals surface area (Å²) in [4.78, 5) is 2.39. The van der Waals surface area contributed by atoms with Gasteiger partial charge in [-0.2, -0.15) is 0 Å². The zero-order valence-corrected chi connectivity index (χ0v) is 11.2. The van der Waals surface area contributed by atoms with Gasteiger partial charge in [-0.15, -0.1) is 0 Å². The summed E-state index contributed by atoms with van der Waals surface area (Å²) >= 11 is 0. The number of rotatable bonds is 4. The second-order valence-electron chi connectivity index (χ2n) is 4.62. The molecule has 0 amide bonds. The van der Waals surface area contributed by atoms with E-state index in [9.17, 15) is 0 Å². The van der Waals surface area contributed by atoms with E-state index in [1.54, 1.807) is 0 Å². The molecule has 1 atom stereocenters. The monoisotopic (exact) mass is 239 g/mol. The molecule has 0 aromatic rings. The van der Waals surface area contributed by atoms with Crippen molar-refractivity contribution in [3.05, 3.63) is 72.5 Å². The fraction of sp³-hybridized carbons (Fsp3) is 0.294. The Morgan fingerprint density at radius 3 is 2.89 bits per heavy atom. The van der Waals surface area contributed by atoms with Crippen LogP contribution < -0.4 is 0 Å². The first-order valence-electron chi connectivity index (χ1n) is 6.56.